The van der Waals surface area contributed by atoms with Gasteiger partial charge in [0.15, 0.2) is 0 Å². The third-order valence-corrected chi connectivity index (χ3v) is 2.66. The molecule has 3 N–H and O–H groups in total. The molecule has 0 amide bonds. The summed E-state index contributed by atoms with van der Waals surface area (Å²) in [5.41, 5.74) is 8.09. The number of hydrogen-bond donors (Lipinski definition) is 2. The second-order valence-electron chi connectivity index (χ2n) is 3.43. The molecule has 64 valence electrons. The SMILES string of the molecule is CC1NCC1c1ccccc1N. The van der Waals surface area contributed by atoms with Gasteiger partial charge in [-0.1, -0.05) is 18.2 Å². The Kier molecular flexibility index (Phi) is 1.77. The van der Waals surface area contributed by atoms with E-state index in [1.807, 2.05) is 12.1 Å². The normalized spacial score (nSPS) is 28.1. The van der Waals surface area contributed by atoms with Crippen molar-refractivity contribution in [2.24, 2.45) is 0 Å². The van der Waals surface area contributed by atoms with Crippen molar-refractivity contribution in [2.75, 3.05) is 12.3 Å². The first-order valence-corrected chi connectivity index (χ1v) is 4.37. The van der Waals surface area contributed by atoms with Crippen LogP contribution in [0, 0.1) is 0 Å². The fourth-order valence-electron chi connectivity index (χ4n) is 1.70. The van der Waals surface area contributed by atoms with Crippen LogP contribution in [0.15, 0.2) is 24.3 Å². The van der Waals surface area contributed by atoms with Gasteiger partial charge in [0.1, 0.15) is 0 Å². The van der Waals surface area contributed by atoms with E-state index in [9.17, 15) is 0 Å². The average molecular weight is 162 g/mol. The van der Waals surface area contributed by atoms with Crippen molar-refractivity contribution < 1.29 is 0 Å². The van der Waals surface area contributed by atoms with Gasteiger partial charge in [0.25, 0.3) is 0 Å². The first kappa shape index (κ1) is 7.62. The van der Waals surface area contributed by atoms with E-state index in [4.69, 9.17) is 5.73 Å². The number of hydrogen-bond acceptors (Lipinski definition) is 2. The van der Waals surface area contributed by atoms with Gasteiger partial charge in [0, 0.05) is 24.2 Å². The molecule has 0 aromatic heterocycles. The maximum atomic E-state index is 5.87. The van der Waals surface area contributed by atoms with E-state index in [0.29, 0.717) is 12.0 Å². The molecule has 2 heteroatoms. The van der Waals surface area contributed by atoms with Crippen molar-refractivity contribution in [3.8, 4) is 0 Å². The molecule has 1 aromatic rings. The van der Waals surface area contributed by atoms with Gasteiger partial charge in [-0.05, 0) is 18.6 Å². The Morgan fingerprint density at radius 2 is 2.17 bits per heavy atom. The smallest absolute Gasteiger partial charge is 0.0350 e. The third kappa shape index (κ3) is 1.08. The van der Waals surface area contributed by atoms with E-state index in [1.165, 1.54) is 5.56 Å². The molecule has 1 aliphatic heterocycles. The first-order valence-electron chi connectivity index (χ1n) is 4.37. The largest absolute Gasteiger partial charge is 0.398 e. The van der Waals surface area contributed by atoms with Crippen molar-refractivity contribution in [1.82, 2.24) is 5.32 Å². The predicted octanol–water partition coefficient (Wildman–Crippen LogP) is 1.34. The average Bonchev–Trinajstić information content (AvgIpc) is 2.06. The van der Waals surface area contributed by atoms with Crippen LogP contribution in [0.3, 0.4) is 0 Å². The molecule has 2 unspecified atom stereocenters. The van der Waals surface area contributed by atoms with Gasteiger partial charge in [-0.25, -0.2) is 0 Å². The van der Waals surface area contributed by atoms with E-state index in [0.717, 1.165) is 12.2 Å². The lowest BCUT2D eigenvalue weighted by Crippen LogP contribution is -2.49. The Morgan fingerprint density at radius 1 is 1.42 bits per heavy atom. The number of rotatable bonds is 1. The second-order valence-corrected chi connectivity index (χ2v) is 3.43. The van der Waals surface area contributed by atoms with Gasteiger partial charge >= 0.3 is 0 Å². The fourth-order valence-corrected chi connectivity index (χ4v) is 1.70. The predicted molar refractivity (Wildman–Crippen MR) is 51.1 cm³/mol. The molecular formula is C10H14N2. The van der Waals surface area contributed by atoms with Gasteiger partial charge in [0.05, 0.1) is 0 Å². The zero-order valence-corrected chi connectivity index (χ0v) is 7.25. The number of para-hydroxylation sites is 1. The highest BCUT2D eigenvalue weighted by Gasteiger charge is 2.28. The highest BCUT2D eigenvalue weighted by Crippen LogP contribution is 2.29. The summed E-state index contributed by atoms with van der Waals surface area (Å²) in [6, 6.07) is 8.71. The summed E-state index contributed by atoms with van der Waals surface area (Å²) in [5, 5.41) is 3.33. The Morgan fingerprint density at radius 3 is 2.67 bits per heavy atom. The summed E-state index contributed by atoms with van der Waals surface area (Å²) in [6.07, 6.45) is 0. The molecule has 2 rings (SSSR count). The second kappa shape index (κ2) is 2.79. The summed E-state index contributed by atoms with van der Waals surface area (Å²) < 4.78 is 0. The molecule has 1 aromatic carbocycles. The van der Waals surface area contributed by atoms with Crippen LogP contribution in [0.25, 0.3) is 0 Å². The van der Waals surface area contributed by atoms with Crippen molar-refractivity contribution in [1.29, 1.82) is 0 Å². The summed E-state index contributed by atoms with van der Waals surface area (Å²) in [5.74, 6) is 0.617. The highest BCUT2D eigenvalue weighted by molar-refractivity contribution is 5.49. The fraction of sp³-hybridized carbons (Fsp3) is 0.400. The lowest BCUT2D eigenvalue weighted by atomic mass is 9.85. The molecular weight excluding hydrogens is 148 g/mol. The van der Waals surface area contributed by atoms with Crippen LogP contribution in [0.4, 0.5) is 5.69 Å². The van der Waals surface area contributed by atoms with E-state index in [1.54, 1.807) is 0 Å². The monoisotopic (exact) mass is 162 g/mol. The molecule has 1 aliphatic rings. The molecule has 0 saturated carbocycles. The molecule has 0 spiro atoms. The van der Waals surface area contributed by atoms with Crippen LogP contribution in [0.2, 0.25) is 0 Å². The van der Waals surface area contributed by atoms with Crippen LogP contribution >= 0.6 is 0 Å². The van der Waals surface area contributed by atoms with Crippen LogP contribution in [0.1, 0.15) is 18.4 Å². The Hall–Kier alpha value is -1.02. The lowest BCUT2D eigenvalue weighted by Gasteiger charge is -2.36. The standard InChI is InChI=1S/C10H14N2/c1-7-9(6-12-7)8-4-2-3-5-10(8)11/h2-5,7,9,12H,6,11H2,1H3. The van der Waals surface area contributed by atoms with E-state index >= 15 is 0 Å². The van der Waals surface area contributed by atoms with Gasteiger partial charge in [-0.15, -0.1) is 0 Å². The van der Waals surface area contributed by atoms with E-state index in [2.05, 4.69) is 24.4 Å². The maximum Gasteiger partial charge on any atom is 0.0350 e. The molecule has 0 radical (unpaired) electrons. The quantitative estimate of drug-likeness (QED) is 0.612. The molecule has 12 heavy (non-hydrogen) atoms. The van der Waals surface area contributed by atoms with E-state index < -0.39 is 0 Å². The van der Waals surface area contributed by atoms with Gasteiger partial charge in [0.2, 0.25) is 0 Å². The number of anilines is 1. The van der Waals surface area contributed by atoms with Crippen molar-refractivity contribution in [2.45, 2.75) is 18.9 Å². The number of nitrogens with two attached hydrogens (primary N) is 1. The summed E-state index contributed by atoms with van der Waals surface area (Å²) in [7, 11) is 0. The van der Waals surface area contributed by atoms with Crippen LogP contribution < -0.4 is 11.1 Å². The molecule has 0 bridgehead atoms. The minimum atomic E-state index is 0.578. The van der Waals surface area contributed by atoms with Gasteiger partial charge < -0.3 is 11.1 Å². The summed E-state index contributed by atoms with van der Waals surface area (Å²) >= 11 is 0. The van der Waals surface area contributed by atoms with Crippen molar-refractivity contribution >= 4 is 5.69 Å². The van der Waals surface area contributed by atoms with Crippen molar-refractivity contribution in [3.63, 3.8) is 0 Å². The third-order valence-electron chi connectivity index (χ3n) is 2.66. The Balaban J connectivity index is 2.27. The van der Waals surface area contributed by atoms with Gasteiger partial charge in [-0.2, -0.15) is 0 Å². The zero-order chi connectivity index (χ0) is 8.55. The van der Waals surface area contributed by atoms with Crippen molar-refractivity contribution in [3.05, 3.63) is 29.8 Å². The topological polar surface area (TPSA) is 38.0 Å². The minimum absolute atomic E-state index is 0.578. The molecule has 1 fully saturated rings. The zero-order valence-electron chi connectivity index (χ0n) is 7.25. The Labute approximate surface area is 72.8 Å². The highest BCUT2D eigenvalue weighted by atomic mass is 15.0. The molecule has 2 atom stereocenters. The minimum Gasteiger partial charge on any atom is -0.398 e. The summed E-state index contributed by atoms with van der Waals surface area (Å²) in [6.45, 7) is 3.26. The van der Waals surface area contributed by atoms with Crippen LogP contribution in [-0.2, 0) is 0 Å². The number of benzene rings is 1. The molecule has 1 saturated heterocycles. The Bertz CT molecular complexity index is 283. The first-order chi connectivity index (χ1) is 5.79. The van der Waals surface area contributed by atoms with Crippen LogP contribution in [-0.4, -0.2) is 12.6 Å². The molecule has 0 aliphatic carbocycles. The van der Waals surface area contributed by atoms with Gasteiger partial charge in [-0.3, -0.25) is 0 Å². The number of nitrogens with one attached hydrogen (secondary N) is 1. The van der Waals surface area contributed by atoms with Crippen LogP contribution in [0.5, 0.6) is 0 Å². The number of nitrogen functional groups attached to an aromatic ring is 1. The maximum absolute atomic E-state index is 5.87. The van der Waals surface area contributed by atoms with E-state index in [-0.39, 0.29) is 0 Å². The molecule has 2 nitrogen and oxygen atoms in total. The molecule has 1 heterocycles. The lowest BCUT2D eigenvalue weighted by molar-refractivity contribution is 0.335. The summed E-state index contributed by atoms with van der Waals surface area (Å²) in [4.78, 5) is 0.